The number of hydrogen-bond acceptors (Lipinski definition) is 0. The zero-order valence-electron chi connectivity index (χ0n) is 2.12. The quantitative estimate of drug-likeness (QED) is 0.462. The van der Waals surface area contributed by atoms with Crippen molar-refractivity contribution in [3.05, 3.63) is 0 Å². The van der Waals surface area contributed by atoms with E-state index in [9.17, 15) is 0 Å². The van der Waals surface area contributed by atoms with Crippen LogP contribution in [0.2, 0.25) is 0 Å². The molecule has 0 aliphatic rings. The first-order valence-electron chi connectivity index (χ1n) is 0. The molecular formula is H2SSeSiZn. The molecule has 0 spiro atoms. The van der Waals surface area contributed by atoms with Crippen molar-refractivity contribution in [1.82, 2.24) is 0 Å². The Morgan fingerprint density at radius 3 is 1.00 bits per heavy atom. The van der Waals surface area contributed by atoms with Gasteiger partial charge in [-0.1, -0.05) is 0 Å². The van der Waals surface area contributed by atoms with Crippen molar-refractivity contribution in [2.24, 2.45) is 0 Å². The van der Waals surface area contributed by atoms with Gasteiger partial charge in [0.15, 0.2) is 0 Å². The van der Waals surface area contributed by atoms with E-state index in [-0.39, 0.29) is 61.0 Å². The minimum Gasteiger partial charge on any atom is -0.197 e. The summed E-state index contributed by atoms with van der Waals surface area (Å²) in [6.07, 6.45) is 0. The van der Waals surface area contributed by atoms with Gasteiger partial charge < -0.3 is 0 Å². The normalized spacial score (nSPS) is 0. The summed E-state index contributed by atoms with van der Waals surface area (Å²) in [4.78, 5) is 0. The van der Waals surface area contributed by atoms with Crippen LogP contribution >= 0.6 is 13.5 Å². The SMILES string of the molecule is S.[Se].[Si].[Zn]. The van der Waals surface area contributed by atoms with E-state index in [1.54, 1.807) is 0 Å². The van der Waals surface area contributed by atoms with E-state index in [1.165, 1.54) is 0 Å². The van der Waals surface area contributed by atoms with E-state index in [0.717, 1.165) is 0 Å². The van der Waals surface area contributed by atoms with Gasteiger partial charge in [0.25, 0.3) is 0 Å². The Morgan fingerprint density at radius 2 is 1.00 bits per heavy atom. The molecule has 0 aliphatic heterocycles. The largest absolute Gasteiger partial charge is 0.197 e. The van der Waals surface area contributed by atoms with E-state index < -0.39 is 0 Å². The van der Waals surface area contributed by atoms with Gasteiger partial charge in [0.05, 0.1) is 0 Å². The summed E-state index contributed by atoms with van der Waals surface area (Å²) in [5.41, 5.74) is 0. The number of hydrogen-bond donors (Lipinski definition) is 0. The molecule has 0 aliphatic carbocycles. The summed E-state index contributed by atoms with van der Waals surface area (Å²) in [5, 5.41) is 0. The fourth-order valence-corrected chi connectivity index (χ4v) is 0. The Balaban J connectivity index is 0. The average Bonchev–Trinajstić information content (AvgIpc) is 0. The molecule has 0 bridgehead atoms. The second-order valence-electron chi connectivity index (χ2n) is 0. The Bertz CT molecular complexity index is 8.00. The molecule has 0 fully saturated rings. The minimum absolute atomic E-state index is 0. The fourth-order valence-electron chi connectivity index (χ4n) is 0. The topological polar surface area (TPSA) is 0 Å². The van der Waals surface area contributed by atoms with Crippen molar-refractivity contribution in [1.29, 1.82) is 0 Å². The summed E-state index contributed by atoms with van der Waals surface area (Å²) in [6, 6.07) is 0. The van der Waals surface area contributed by atoms with Crippen LogP contribution in [-0.4, -0.2) is 28.0 Å². The van der Waals surface area contributed by atoms with Gasteiger partial charge in [-0.2, -0.15) is 13.5 Å². The van der Waals surface area contributed by atoms with Crippen LogP contribution in [0, 0.1) is 0 Å². The molecule has 0 aromatic carbocycles. The predicted octanol–water partition coefficient (Wildman–Crippen LogP) is -0.651. The van der Waals surface area contributed by atoms with Gasteiger partial charge in [-0.3, -0.25) is 0 Å². The molecule has 6 radical (unpaired) electrons. The molecular weight excluding hydrogens is 205 g/mol. The number of rotatable bonds is 0. The summed E-state index contributed by atoms with van der Waals surface area (Å²) >= 11 is 0. The molecule has 0 atom stereocenters. The summed E-state index contributed by atoms with van der Waals surface area (Å²) < 4.78 is 0. The van der Waals surface area contributed by atoms with Crippen LogP contribution in [0.5, 0.6) is 0 Å². The molecule has 0 heterocycles. The van der Waals surface area contributed by atoms with Crippen molar-refractivity contribution < 1.29 is 19.5 Å². The third-order valence-electron chi connectivity index (χ3n) is 0. The van der Waals surface area contributed by atoms with Crippen molar-refractivity contribution in [3.8, 4) is 0 Å². The van der Waals surface area contributed by atoms with Crippen LogP contribution in [0.15, 0.2) is 0 Å². The molecule has 4 heteroatoms. The van der Waals surface area contributed by atoms with Gasteiger partial charge in [-0.05, 0) is 0 Å². The molecule has 0 aromatic rings. The van der Waals surface area contributed by atoms with Gasteiger partial charge in [-0.15, -0.1) is 0 Å². The van der Waals surface area contributed by atoms with E-state index in [2.05, 4.69) is 0 Å². The van der Waals surface area contributed by atoms with E-state index in [0.29, 0.717) is 0 Å². The Morgan fingerprint density at radius 1 is 1.00 bits per heavy atom. The molecule has 0 N–H and O–H groups in total. The smallest absolute Gasteiger partial charge is 0 e. The molecule has 0 saturated carbocycles. The first kappa shape index (κ1) is 43.3. The van der Waals surface area contributed by atoms with Crippen molar-refractivity contribution in [2.75, 3.05) is 0 Å². The van der Waals surface area contributed by atoms with Crippen molar-refractivity contribution in [3.63, 3.8) is 0 Å². The standard InChI is InChI=1S/H2S.Se.Si.Zn/h1H2;;;. The predicted molar refractivity (Wildman–Crippen MR) is 21.9 cm³/mol. The summed E-state index contributed by atoms with van der Waals surface area (Å²) in [7, 11) is 0. The first-order chi connectivity index (χ1) is 0. The molecule has 0 aromatic heterocycles. The maximum atomic E-state index is 0. The zero-order valence-corrected chi connectivity index (χ0v) is 8.80. The first-order valence-corrected chi connectivity index (χ1v) is 0. The Labute approximate surface area is 60.8 Å². The average molecular weight is 207 g/mol. The third-order valence-corrected chi connectivity index (χ3v) is 0. The van der Waals surface area contributed by atoms with Crippen LogP contribution in [0.3, 0.4) is 0 Å². The van der Waals surface area contributed by atoms with Gasteiger partial charge in [0, 0.05) is 47.5 Å². The summed E-state index contributed by atoms with van der Waals surface area (Å²) in [5.74, 6) is 0. The van der Waals surface area contributed by atoms with Crippen molar-refractivity contribution >= 4 is 41.5 Å². The van der Waals surface area contributed by atoms with E-state index in [4.69, 9.17) is 0 Å². The monoisotopic (exact) mass is 206 g/mol. The minimum atomic E-state index is 0. The van der Waals surface area contributed by atoms with Crippen molar-refractivity contribution in [2.45, 2.75) is 0 Å². The molecule has 4 heavy (non-hydrogen) atoms. The summed E-state index contributed by atoms with van der Waals surface area (Å²) in [6.45, 7) is 0. The van der Waals surface area contributed by atoms with Gasteiger partial charge in [-0.25, -0.2) is 0 Å². The van der Waals surface area contributed by atoms with Crippen LogP contribution < -0.4 is 0 Å². The molecule has 0 saturated heterocycles. The maximum Gasteiger partial charge on any atom is 0 e. The Kier molecular flexibility index (Phi) is 240. The van der Waals surface area contributed by atoms with E-state index in [1.807, 2.05) is 0 Å². The molecule has 0 unspecified atom stereocenters. The molecule has 20 valence electrons. The second-order valence-corrected chi connectivity index (χ2v) is 0. The van der Waals surface area contributed by atoms with Crippen LogP contribution in [0.4, 0.5) is 0 Å². The second kappa shape index (κ2) is 22.2. The molecule has 0 nitrogen and oxygen atoms in total. The maximum absolute atomic E-state index is 0. The fraction of sp³-hybridized carbons (Fsp3) is 0. The van der Waals surface area contributed by atoms with Gasteiger partial charge in [0.1, 0.15) is 0 Å². The van der Waals surface area contributed by atoms with E-state index >= 15 is 0 Å². The van der Waals surface area contributed by atoms with Crippen LogP contribution in [0.25, 0.3) is 0 Å². The van der Waals surface area contributed by atoms with Crippen LogP contribution in [0.1, 0.15) is 0 Å². The third kappa shape index (κ3) is 9.32. The van der Waals surface area contributed by atoms with Gasteiger partial charge in [0.2, 0.25) is 0 Å². The zero-order chi connectivity index (χ0) is 0. The van der Waals surface area contributed by atoms with Gasteiger partial charge >= 0.3 is 0 Å². The molecule has 0 amide bonds. The Hall–Kier alpha value is 1.71. The van der Waals surface area contributed by atoms with Crippen LogP contribution in [-0.2, 0) is 19.5 Å². The molecule has 0 rings (SSSR count).